The first-order valence-electron chi connectivity index (χ1n) is 6.83. The van der Waals surface area contributed by atoms with Crippen LogP contribution in [0.5, 0.6) is 5.88 Å². The fraction of sp³-hybridized carbons (Fsp3) is 0.333. The smallest absolute Gasteiger partial charge is 0.257 e. The van der Waals surface area contributed by atoms with Gasteiger partial charge in [0.25, 0.3) is 5.91 Å². The third kappa shape index (κ3) is 3.77. The van der Waals surface area contributed by atoms with E-state index in [0.717, 1.165) is 22.8 Å². The van der Waals surface area contributed by atoms with E-state index in [9.17, 15) is 4.79 Å². The van der Waals surface area contributed by atoms with Crippen molar-refractivity contribution in [2.75, 3.05) is 11.5 Å². The van der Waals surface area contributed by atoms with Crippen LogP contribution in [0.2, 0.25) is 0 Å². The highest BCUT2D eigenvalue weighted by Crippen LogP contribution is 2.24. The molecule has 1 amide bonds. The molecule has 1 N–H and O–H groups in total. The molecule has 4 nitrogen and oxygen atoms in total. The van der Waals surface area contributed by atoms with E-state index in [0.29, 0.717) is 18.0 Å². The second kappa shape index (κ2) is 6.95. The van der Waals surface area contributed by atoms with Gasteiger partial charge in [-0.05, 0) is 35.8 Å². The Kier molecular flexibility index (Phi) is 4.77. The monoisotopic (exact) mass is 320 g/mol. The standard InChI is InChI=1S/C15H16N2O2S2/c18-14(17-9-12-3-2-7-21-12)13-4-1-6-16-15(13)19-11-5-8-20-10-11/h1-4,6-7,11H,5,8-10H2,(H,17,18)/t11-/m1/s1. The zero-order valence-corrected chi connectivity index (χ0v) is 13.1. The molecular weight excluding hydrogens is 304 g/mol. The molecule has 21 heavy (non-hydrogen) atoms. The molecule has 6 heteroatoms. The molecule has 2 aromatic heterocycles. The van der Waals surface area contributed by atoms with Crippen LogP contribution < -0.4 is 10.1 Å². The van der Waals surface area contributed by atoms with Crippen LogP contribution >= 0.6 is 23.1 Å². The van der Waals surface area contributed by atoms with Gasteiger partial charge >= 0.3 is 0 Å². The maximum absolute atomic E-state index is 12.3. The number of thiophene rings is 1. The van der Waals surface area contributed by atoms with Crippen LogP contribution in [-0.2, 0) is 6.54 Å². The molecule has 0 unspecified atom stereocenters. The van der Waals surface area contributed by atoms with Crippen LogP contribution in [0.4, 0.5) is 0 Å². The second-order valence-corrected chi connectivity index (χ2v) is 6.90. The first kappa shape index (κ1) is 14.4. The Labute approximate surface area is 131 Å². The van der Waals surface area contributed by atoms with Crippen molar-refractivity contribution in [3.8, 4) is 5.88 Å². The van der Waals surface area contributed by atoms with Gasteiger partial charge in [-0.25, -0.2) is 4.98 Å². The van der Waals surface area contributed by atoms with E-state index in [1.807, 2.05) is 29.3 Å². The number of carbonyl (C=O) groups is 1. The Morgan fingerprint density at radius 2 is 2.38 bits per heavy atom. The summed E-state index contributed by atoms with van der Waals surface area (Å²) in [5.74, 6) is 2.37. The molecule has 3 rings (SSSR count). The number of hydrogen-bond acceptors (Lipinski definition) is 5. The highest BCUT2D eigenvalue weighted by molar-refractivity contribution is 7.99. The number of hydrogen-bond donors (Lipinski definition) is 1. The fourth-order valence-corrected chi connectivity index (χ4v) is 3.84. The summed E-state index contributed by atoms with van der Waals surface area (Å²) in [6.45, 7) is 0.532. The number of nitrogens with zero attached hydrogens (tertiary/aromatic N) is 1. The topological polar surface area (TPSA) is 51.2 Å². The molecule has 1 aliphatic rings. The summed E-state index contributed by atoms with van der Waals surface area (Å²) in [5, 5.41) is 4.91. The maximum Gasteiger partial charge on any atom is 0.257 e. The van der Waals surface area contributed by atoms with Gasteiger partial charge in [-0.1, -0.05) is 6.07 Å². The third-order valence-electron chi connectivity index (χ3n) is 3.19. The third-order valence-corrected chi connectivity index (χ3v) is 5.19. The number of pyridine rings is 1. The van der Waals surface area contributed by atoms with Gasteiger partial charge in [-0.15, -0.1) is 11.3 Å². The van der Waals surface area contributed by atoms with Crippen LogP contribution in [-0.4, -0.2) is 28.5 Å². The number of rotatable bonds is 5. The normalized spacial score (nSPS) is 17.6. The summed E-state index contributed by atoms with van der Waals surface area (Å²) in [4.78, 5) is 17.6. The number of nitrogens with one attached hydrogen (secondary N) is 1. The summed E-state index contributed by atoms with van der Waals surface area (Å²) in [6.07, 6.45) is 2.83. The Morgan fingerprint density at radius 1 is 1.43 bits per heavy atom. The Morgan fingerprint density at radius 3 is 3.14 bits per heavy atom. The van der Waals surface area contributed by atoms with Gasteiger partial charge in [0.2, 0.25) is 5.88 Å². The van der Waals surface area contributed by atoms with Crippen LogP contribution in [0, 0.1) is 0 Å². The zero-order chi connectivity index (χ0) is 14.5. The van der Waals surface area contributed by atoms with Crippen molar-refractivity contribution < 1.29 is 9.53 Å². The molecule has 2 aromatic rings. The Bertz CT molecular complexity index is 595. The molecule has 0 saturated carbocycles. The Hall–Kier alpha value is -1.53. The van der Waals surface area contributed by atoms with E-state index in [1.54, 1.807) is 29.7 Å². The average molecular weight is 320 g/mol. The van der Waals surface area contributed by atoms with Crippen molar-refractivity contribution in [3.63, 3.8) is 0 Å². The molecular formula is C15H16N2O2S2. The molecule has 110 valence electrons. The summed E-state index contributed by atoms with van der Waals surface area (Å²) in [5.41, 5.74) is 0.506. The van der Waals surface area contributed by atoms with Crippen LogP contribution in [0.25, 0.3) is 0 Å². The van der Waals surface area contributed by atoms with Crippen molar-refractivity contribution in [2.24, 2.45) is 0 Å². The van der Waals surface area contributed by atoms with Crippen molar-refractivity contribution in [1.29, 1.82) is 0 Å². The quantitative estimate of drug-likeness (QED) is 0.920. The lowest BCUT2D eigenvalue weighted by atomic mass is 10.2. The first-order valence-corrected chi connectivity index (χ1v) is 8.86. The molecule has 0 aliphatic carbocycles. The summed E-state index contributed by atoms with van der Waals surface area (Å²) in [6, 6.07) is 7.49. The molecule has 1 fully saturated rings. The number of carbonyl (C=O) groups excluding carboxylic acids is 1. The molecule has 0 spiro atoms. The summed E-state index contributed by atoms with van der Waals surface area (Å²) < 4.78 is 5.87. The van der Waals surface area contributed by atoms with Crippen molar-refractivity contribution in [3.05, 3.63) is 46.3 Å². The number of ether oxygens (including phenoxy) is 1. The summed E-state index contributed by atoms with van der Waals surface area (Å²) >= 11 is 3.50. The van der Waals surface area contributed by atoms with Gasteiger partial charge in [0.1, 0.15) is 11.7 Å². The van der Waals surface area contributed by atoms with Crippen molar-refractivity contribution in [1.82, 2.24) is 10.3 Å². The van der Waals surface area contributed by atoms with E-state index in [4.69, 9.17) is 4.74 Å². The van der Waals surface area contributed by atoms with E-state index in [2.05, 4.69) is 10.3 Å². The van der Waals surface area contributed by atoms with Crippen molar-refractivity contribution >= 4 is 29.0 Å². The van der Waals surface area contributed by atoms with Crippen LogP contribution in [0.3, 0.4) is 0 Å². The van der Waals surface area contributed by atoms with E-state index in [-0.39, 0.29) is 12.0 Å². The number of amides is 1. The Balaban J connectivity index is 1.67. The van der Waals surface area contributed by atoms with Gasteiger partial charge < -0.3 is 10.1 Å². The minimum Gasteiger partial charge on any atom is -0.473 e. The molecule has 0 bridgehead atoms. The van der Waals surface area contributed by atoms with Crippen LogP contribution in [0.15, 0.2) is 35.8 Å². The van der Waals surface area contributed by atoms with Crippen molar-refractivity contribution in [2.45, 2.75) is 19.1 Å². The van der Waals surface area contributed by atoms with Gasteiger partial charge in [0.15, 0.2) is 0 Å². The van der Waals surface area contributed by atoms with Crippen LogP contribution in [0.1, 0.15) is 21.7 Å². The lowest BCUT2D eigenvalue weighted by Crippen LogP contribution is -2.25. The predicted octanol–water partition coefficient (Wildman–Crippen LogP) is 2.96. The molecule has 1 atom stereocenters. The van der Waals surface area contributed by atoms with Gasteiger partial charge in [0.05, 0.1) is 6.54 Å². The number of thioether (sulfide) groups is 1. The summed E-state index contributed by atoms with van der Waals surface area (Å²) in [7, 11) is 0. The SMILES string of the molecule is O=C(NCc1cccs1)c1cccnc1O[C@@H]1CCSC1. The lowest BCUT2D eigenvalue weighted by molar-refractivity contribution is 0.0943. The van der Waals surface area contributed by atoms with E-state index >= 15 is 0 Å². The van der Waals surface area contributed by atoms with Gasteiger partial charge in [0, 0.05) is 16.8 Å². The fourth-order valence-electron chi connectivity index (χ4n) is 2.10. The average Bonchev–Trinajstić information content (AvgIpc) is 3.18. The number of aromatic nitrogens is 1. The first-order chi connectivity index (χ1) is 10.3. The van der Waals surface area contributed by atoms with Gasteiger partial charge in [-0.2, -0.15) is 11.8 Å². The molecule has 1 aliphatic heterocycles. The predicted molar refractivity (Wildman–Crippen MR) is 86.1 cm³/mol. The molecule has 0 radical (unpaired) electrons. The maximum atomic E-state index is 12.3. The highest BCUT2D eigenvalue weighted by atomic mass is 32.2. The second-order valence-electron chi connectivity index (χ2n) is 4.72. The molecule has 3 heterocycles. The van der Waals surface area contributed by atoms with E-state index in [1.165, 1.54) is 0 Å². The molecule has 1 saturated heterocycles. The van der Waals surface area contributed by atoms with E-state index < -0.39 is 0 Å². The molecule has 0 aromatic carbocycles. The lowest BCUT2D eigenvalue weighted by Gasteiger charge is -2.14. The zero-order valence-electron chi connectivity index (χ0n) is 11.5. The largest absolute Gasteiger partial charge is 0.473 e. The highest BCUT2D eigenvalue weighted by Gasteiger charge is 2.21. The van der Waals surface area contributed by atoms with Gasteiger partial charge in [-0.3, -0.25) is 4.79 Å². The minimum atomic E-state index is -0.142. The minimum absolute atomic E-state index is 0.142.